The van der Waals surface area contributed by atoms with Crippen LogP contribution in [0.15, 0.2) is 24.3 Å². The number of rotatable bonds is 21. The molecule has 0 aromatic heterocycles. The monoisotopic (exact) mass is 667 g/mol. The van der Waals surface area contributed by atoms with Crippen molar-refractivity contribution in [3.05, 3.63) is 29.8 Å². The smallest absolute Gasteiger partial charge is 0.326 e. The number of carboxylic acid groups (broad SMARTS) is 1. The molecule has 17 heteroatoms. The van der Waals surface area contributed by atoms with Crippen LogP contribution in [0.5, 0.6) is 5.75 Å². The van der Waals surface area contributed by atoms with Gasteiger partial charge >= 0.3 is 5.97 Å². The van der Waals surface area contributed by atoms with Crippen LogP contribution in [0, 0.1) is 11.3 Å². The van der Waals surface area contributed by atoms with Gasteiger partial charge in [-0.3, -0.25) is 24.6 Å². The number of aromatic hydroxyl groups is 1. The van der Waals surface area contributed by atoms with Crippen LogP contribution in [0.1, 0.15) is 51.5 Å². The Labute approximate surface area is 274 Å². The maximum atomic E-state index is 13.6. The van der Waals surface area contributed by atoms with E-state index >= 15 is 0 Å². The van der Waals surface area contributed by atoms with Gasteiger partial charge in [-0.15, -0.1) is 0 Å². The number of thiol groups is 1. The van der Waals surface area contributed by atoms with Crippen LogP contribution in [-0.2, 0) is 30.4 Å². The van der Waals surface area contributed by atoms with E-state index in [-0.39, 0.29) is 43.3 Å². The molecule has 4 amide bonds. The highest BCUT2D eigenvalue weighted by Gasteiger charge is 2.33. The summed E-state index contributed by atoms with van der Waals surface area (Å²) in [5.41, 5.74) is 17.2. The molecule has 14 N–H and O–H groups in total. The number of carbonyl (C=O) groups is 5. The third-order valence-corrected chi connectivity index (χ3v) is 7.36. The standard InChI is InChI=1S/C29H49N9O7S/c1-16(2)23(27(43)37-22(28(44)45)14-17-8-10-18(39)11-9-17)38-26(42)21(7-5-13-34-29(32)33)36-25(41)20(6-3-4-12-30)35-24(40)19(31)15-46/h8-11,16,19-23,39,46H,3-7,12-15,30-31H2,1-2H3,(H,35,40)(H,36,41)(H,37,43)(H,38,42)(H,44,45)(H4,32,33,34)/t19-,20-,21-,22-,23-/m0/s1. The first-order chi connectivity index (χ1) is 21.7. The fraction of sp³-hybridized carbons (Fsp3) is 0.586. The van der Waals surface area contributed by atoms with Crippen molar-refractivity contribution < 1.29 is 34.2 Å². The number of phenolic OH excluding ortho intramolecular Hbond substituents is 1. The fourth-order valence-electron chi connectivity index (χ4n) is 4.31. The first-order valence-electron chi connectivity index (χ1n) is 15.1. The van der Waals surface area contributed by atoms with Gasteiger partial charge in [0.25, 0.3) is 0 Å². The molecule has 0 saturated carbocycles. The van der Waals surface area contributed by atoms with Gasteiger partial charge in [-0.2, -0.15) is 12.6 Å². The molecule has 0 fully saturated rings. The van der Waals surface area contributed by atoms with Crippen molar-refractivity contribution in [2.24, 2.45) is 23.1 Å². The van der Waals surface area contributed by atoms with Crippen molar-refractivity contribution in [3.63, 3.8) is 0 Å². The summed E-state index contributed by atoms with van der Waals surface area (Å²) in [6.45, 7) is 3.92. The highest BCUT2D eigenvalue weighted by molar-refractivity contribution is 7.80. The van der Waals surface area contributed by atoms with Crippen molar-refractivity contribution in [2.75, 3.05) is 18.8 Å². The Morgan fingerprint density at radius 1 is 0.848 bits per heavy atom. The molecule has 1 rings (SSSR count). The van der Waals surface area contributed by atoms with Crippen LogP contribution in [0.2, 0.25) is 0 Å². The lowest BCUT2D eigenvalue weighted by Crippen LogP contribution is -2.59. The minimum Gasteiger partial charge on any atom is -0.508 e. The number of phenols is 1. The van der Waals surface area contributed by atoms with Gasteiger partial charge in [0.1, 0.15) is 29.9 Å². The van der Waals surface area contributed by atoms with E-state index in [0.717, 1.165) is 0 Å². The van der Waals surface area contributed by atoms with Gasteiger partial charge < -0.3 is 54.0 Å². The lowest BCUT2D eigenvalue weighted by atomic mass is 10.00. The van der Waals surface area contributed by atoms with Crippen molar-refractivity contribution in [1.29, 1.82) is 5.41 Å². The molecule has 0 bridgehead atoms. The Morgan fingerprint density at radius 2 is 1.39 bits per heavy atom. The number of aliphatic carboxylic acids is 1. The molecule has 258 valence electrons. The van der Waals surface area contributed by atoms with Crippen LogP contribution in [0.4, 0.5) is 0 Å². The quantitative estimate of drug-likeness (QED) is 0.0302. The maximum absolute atomic E-state index is 13.6. The number of nitrogens with one attached hydrogen (secondary N) is 6. The fourth-order valence-corrected chi connectivity index (χ4v) is 4.48. The number of amides is 4. The van der Waals surface area contributed by atoms with Crippen LogP contribution in [-0.4, -0.2) is 94.8 Å². The molecule has 0 unspecified atom stereocenters. The van der Waals surface area contributed by atoms with Gasteiger partial charge in [-0.25, -0.2) is 4.79 Å². The minimum absolute atomic E-state index is 0.00598. The van der Waals surface area contributed by atoms with Gasteiger partial charge in [-0.05, 0) is 62.3 Å². The summed E-state index contributed by atoms with van der Waals surface area (Å²) in [7, 11) is 0. The Bertz CT molecular complexity index is 1170. The molecule has 1 aromatic carbocycles. The summed E-state index contributed by atoms with van der Waals surface area (Å²) in [4.78, 5) is 64.7. The van der Waals surface area contributed by atoms with E-state index < -0.39 is 65.7 Å². The van der Waals surface area contributed by atoms with E-state index in [1.807, 2.05) is 0 Å². The third-order valence-electron chi connectivity index (χ3n) is 6.97. The first kappa shape index (κ1) is 39.9. The Morgan fingerprint density at radius 3 is 1.91 bits per heavy atom. The lowest BCUT2D eigenvalue weighted by molar-refractivity contribution is -0.142. The Hall–Kier alpha value is -4.09. The molecule has 0 saturated heterocycles. The van der Waals surface area contributed by atoms with Gasteiger partial charge in [0, 0.05) is 18.7 Å². The summed E-state index contributed by atoms with van der Waals surface area (Å²) < 4.78 is 0. The number of carboxylic acids is 1. The summed E-state index contributed by atoms with van der Waals surface area (Å²) in [5.74, 6) is -4.69. The number of hydrogen-bond acceptors (Lipinski definition) is 10. The molecule has 0 aliphatic carbocycles. The van der Waals surface area contributed by atoms with Gasteiger partial charge in [0.05, 0.1) is 6.04 Å². The summed E-state index contributed by atoms with van der Waals surface area (Å²) in [6, 6.07) is 0.205. The van der Waals surface area contributed by atoms with Crippen LogP contribution in [0.25, 0.3) is 0 Å². The van der Waals surface area contributed by atoms with Crippen molar-refractivity contribution in [1.82, 2.24) is 26.6 Å². The number of unbranched alkanes of at least 4 members (excludes halogenated alkanes) is 1. The average molecular weight is 668 g/mol. The summed E-state index contributed by atoms with van der Waals surface area (Å²) >= 11 is 4.02. The second-order valence-corrected chi connectivity index (χ2v) is 11.5. The van der Waals surface area contributed by atoms with Gasteiger partial charge in [-0.1, -0.05) is 26.0 Å². The Balaban J connectivity index is 3.15. The lowest BCUT2D eigenvalue weighted by Gasteiger charge is -2.28. The highest BCUT2D eigenvalue weighted by Crippen LogP contribution is 2.13. The molecular formula is C29H49N9O7S. The topological polar surface area (TPSA) is 288 Å². The van der Waals surface area contributed by atoms with Crippen molar-refractivity contribution in [3.8, 4) is 5.75 Å². The number of carbonyl (C=O) groups excluding carboxylic acids is 4. The zero-order valence-electron chi connectivity index (χ0n) is 26.3. The summed E-state index contributed by atoms with van der Waals surface area (Å²) in [6.07, 6.45) is 1.61. The molecule has 0 heterocycles. The van der Waals surface area contributed by atoms with Crippen molar-refractivity contribution in [2.45, 2.75) is 82.6 Å². The molecule has 1 aromatic rings. The molecule has 0 spiro atoms. The maximum Gasteiger partial charge on any atom is 0.326 e. The van der Waals surface area contributed by atoms with Crippen LogP contribution in [0.3, 0.4) is 0 Å². The van der Waals surface area contributed by atoms with Crippen molar-refractivity contribution >= 4 is 48.2 Å². The predicted octanol–water partition coefficient (Wildman–Crippen LogP) is -1.74. The largest absolute Gasteiger partial charge is 0.508 e. The second kappa shape index (κ2) is 20.8. The summed E-state index contributed by atoms with van der Waals surface area (Å²) in [5, 5.41) is 39.6. The van der Waals surface area contributed by atoms with E-state index in [9.17, 15) is 34.2 Å². The predicted molar refractivity (Wildman–Crippen MR) is 176 cm³/mol. The molecule has 5 atom stereocenters. The molecule has 0 radical (unpaired) electrons. The van der Waals surface area contributed by atoms with E-state index in [1.165, 1.54) is 24.3 Å². The van der Waals surface area contributed by atoms with Crippen LogP contribution >= 0.6 is 12.6 Å². The SMILES string of the molecule is CC(C)[C@H](NC(=O)[C@H](CCCNC(=N)N)NC(=O)[C@H](CCCCN)NC(=O)[C@@H](N)CS)C(=O)N[C@@H](Cc1ccc(O)cc1)C(=O)O. The molecule has 46 heavy (non-hydrogen) atoms. The third kappa shape index (κ3) is 14.8. The zero-order valence-corrected chi connectivity index (χ0v) is 27.1. The van der Waals surface area contributed by atoms with E-state index in [2.05, 4.69) is 39.2 Å². The highest BCUT2D eigenvalue weighted by atomic mass is 32.1. The number of guanidine groups is 1. The molecular weight excluding hydrogens is 618 g/mol. The number of nitrogens with two attached hydrogens (primary N) is 3. The molecule has 0 aliphatic rings. The number of hydrogen-bond donors (Lipinski definition) is 12. The minimum atomic E-state index is -1.33. The average Bonchev–Trinajstić information content (AvgIpc) is 3.00. The Kier molecular flexibility index (Phi) is 18.1. The zero-order chi connectivity index (χ0) is 34.8. The first-order valence-corrected chi connectivity index (χ1v) is 15.7. The van der Waals surface area contributed by atoms with Gasteiger partial charge in [0.2, 0.25) is 23.6 Å². The van der Waals surface area contributed by atoms with Crippen LogP contribution < -0.4 is 43.8 Å². The van der Waals surface area contributed by atoms with E-state index in [4.69, 9.17) is 22.6 Å². The molecule has 16 nitrogen and oxygen atoms in total. The van der Waals surface area contributed by atoms with E-state index in [1.54, 1.807) is 13.8 Å². The van der Waals surface area contributed by atoms with Gasteiger partial charge in [0.15, 0.2) is 5.96 Å². The normalized spacial score (nSPS) is 14.2. The molecule has 0 aliphatic heterocycles. The van der Waals surface area contributed by atoms with E-state index in [0.29, 0.717) is 31.4 Å². The second-order valence-electron chi connectivity index (χ2n) is 11.2. The number of benzene rings is 1.